The smallest absolute Gasteiger partial charge is 0.317 e. The number of nitrogens with one attached hydrogen (secondary N) is 1. The number of amides is 2. The number of rotatable bonds is 3. The molecular weight excluding hydrogens is 236 g/mol. The van der Waals surface area contributed by atoms with E-state index in [2.05, 4.69) is 12.2 Å². The maximum Gasteiger partial charge on any atom is 0.317 e. The van der Waals surface area contributed by atoms with Gasteiger partial charge in [0, 0.05) is 19.6 Å². The summed E-state index contributed by atoms with van der Waals surface area (Å²) in [4.78, 5) is 14.1. The van der Waals surface area contributed by atoms with Crippen molar-refractivity contribution in [2.24, 2.45) is 11.8 Å². The third-order valence-electron chi connectivity index (χ3n) is 4.98. The van der Waals surface area contributed by atoms with Gasteiger partial charge in [-0.2, -0.15) is 0 Å². The highest BCUT2D eigenvalue weighted by Gasteiger charge is 2.21. The lowest BCUT2D eigenvalue weighted by Gasteiger charge is -2.29. The molecule has 1 saturated carbocycles. The van der Waals surface area contributed by atoms with Gasteiger partial charge in [0.2, 0.25) is 0 Å². The van der Waals surface area contributed by atoms with Crippen LogP contribution >= 0.6 is 0 Å². The van der Waals surface area contributed by atoms with Gasteiger partial charge in [0.05, 0.1) is 0 Å². The Hall–Kier alpha value is -0.730. The Morgan fingerprint density at radius 2 is 1.58 bits per heavy atom. The number of likely N-dealkylation sites (tertiary alicyclic amines) is 1. The molecule has 0 unspecified atom stereocenters. The molecule has 0 aromatic heterocycles. The van der Waals surface area contributed by atoms with E-state index in [0.29, 0.717) is 0 Å². The molecule has 3 nitrogen and oxygen atoms in total. The van der Waals surface area contributed by atoms with Crippen LogP contribution in [0.2, 0.25) is 0 Å². The van der Waals surface area contributed by atoms with Crippen LogP contribution < -0.4 is 5.32 Å². The van der Waals surface area contributed by atoms with Crippen molar-refractivity contribution < 1.29 is 4.79 Å². The first kappa shape index (κ1) is 14.7. The van der Waals surface area contributed by atoms with E-state index < -0.39 is 0 Å². The minimum atomic E-state index is 0.180. The standard InChI is InChI=1S/C16H30N2O/c1-2-14-7-9-15(10-8-14)13-17-16(19)18-11-5-3-4-6-12-18/h14-15H,2-13H2,1H3,(H,17,19). The number of hydrogen-bond acceptors (Lipinski definition) is 1. The molecule has 0 aromatic rings. The third-order valence-corrected chi connectivity index (χ3v) is 4.98. The summed E-state index contributed by atoms with van der Waals surface area (Å²) in [5.41, 5.74) is 0. The molecule has 1 aliphatic carbocycles. The van der Waals surface area contributed by atoms with Crippen LogP contribution in [0.15, 0.2) is 0 Å². The van der Waals surface area contributed by atoms with Crippen LogP contribution in [0.3, 0.4) is 0 Å². The Bertz CT molecular complexity index is 264. The van der Waals surface area contributed by atoms with Crippen molar-refractivity contribution >= 4 is 6.03 Å². The van der Waals surface area contributed by atoms with Crippen LogP contribution in [-0.4, -0.2) is 30.6 Å². The maximum atomic E-state index is 12.1. The minimum absolute atomic E-state index is 0.180. The largest absolute Gasteiger partial charge is 0.338 e. The van der Waals surface area contributed by atoms with Gasteiger partial charge in [-0.15, -0.1) is 0 Å². The van der Waals surface area contributed by atoms with Gasteiger partial charge in [0.1, 0.15) is 0 Å². The zero-order chi connectivity index (χ0) is 13.5. The highest BCUT2D eigenvalue weighted by atomic mass is 16.2. The summed E-state index contributed by atoms with van der Waals surface area (Å²) in [7, 11) is 0. The predicted octanol–water partition coefficient (Wildman–Crippen LogP) is 3.79. The first-order chi connectivity index (χ1) is 9.29. The molecule has 2 rings (SSSR count). The van der Waals surface area contributed by atoms with Crippen molar-refractivity contribution in [1.82, 2.24) is 10.2 Å². The second kappa shape index (κ2) is 7.76. The molecule has 110 valence electrons. The van der Waals surface area contributed by atoms with E-state index in [4.69, 9.17) is 0 Å². The molecule has 1 aliphatic heterocycles. The van der Waals surface area contributed by atoms with Crippen molar-refractivity contribution in [2.75, 3.05) is 19.6 Å². The lowest BCUT2D eigenvalue weighted by atomic mass is 9.81. The average Bonchev–Trinajstić information content (AvgIpc) is 2.74. The number of urea groups is 1. The van der Waals surface area contributed by atoms with Gasteiger partial charge in [-0.05, 0) is 37.5 Å². The van der Waals surface area contributed by atoms with Crippen molar-refractivity contribution in [1.29, 1.82) is 0 Å². The highest BCUT2D eigenvalue weighted by Crippen LogP contribution is 2.30. The topological polar surface area (TPSA) is 32.3 Å². The molecule has 2 fully saturated rings. The summed E-state index contributed by atoms with van der Waals surface area (Å²) >= 11 is 0. The monoisotopic (exact) mass is 266 g/mol. The molecule has 3 heteroatoms. The molecule has 0 radical (unpaired) electrons. The lowest BCUT2D eigenvalue weighted by molar-refractivity contribution is 0.193. The van der Waals surface area contributed by atoms with Crippen LogP contribution in [-0.2, 0) is 0 Å². The van der Waals surface area contributed by atoms with E-state index in [0.717, 1.165) is 31.5 Å². The van der Waals surface area contributed by atoms with E-state index >= 15 is 0 Å². The Morgan fingerprint density at radius 3 is 2.16 bits per heavy atom. The molecule has 1 heterocycles. The molecule has 1 saturated heterocycles. The minimum Gasteiger partial charge on any atom is -0.338 e. The molecular formula is C16H30N2O. The van der Waals surface area contributed by atoms with Gasteiger partial charge in [-0.1, -0.05) is 39.0 Å². The summed E-state index contributed by atoms with van der Waals surface area (Å²) in [6.07, 6.45) is 11.6. The average molecular weight is 266 g/mol. The third kappa shape index (κ3) is 4.70. The first-order valence-electron chi connectivity index (χ1n) is 8.32. The molecule has 0 aromatic carbocycles. The number of hydrogen-bond donors (Lipinski definition) is 1. The molecule has 19 heavy (non-hydrogen) atoms. The summed E-state index contributed by atoms with van der Waals surface area (Å²) in [6.45, 7) is 5.10. The van der Waals surface area contributed by atoms with Gasteiger partial charge in [-0.25, -0.2) is 4.79 Å². The van der Waals surface area contributed by atoms with Gasteiger partial charge >= 0.3 is 6.03 Å². The van der Waals surface area contributed by atoms with E-state index in [1.165, 1.54) is 57.8 Å². The zero-order valence-electron chi connectivity index (χ0n) is 12.5. The molecule has 2 aliphatic rings. The van der Waals surface area contributed by atoms with Crippen molar-refractivity contribution in [3.63, 3.8) is 0 Å². The fourth-order valence-corrected chi connectivity index (χ4v) is 3.46. The maximum absolute atomic E-state index is 12.1. The number of nitrogens with zero attached hydrogens (tertiary/aromatic N) is 1. The van der Waals surface area contributed by atoms with E-state index in [1.54, 1.807) is 0 Å². The first-order valence-corrected chi connectivity index (χ1v) is 8.32. The number of carbonyl (C=O) groups excluding carboxylic acids is 1. The Labute approximate surface area is 118 Å². The van der Waals surface area contributed by atoms with E-state index in [-0.39, 0.29) is 6.03 Å². The molecule has 1 N–H and O–H groups in total. The van der Waals surface area contributed by atoms with E-state index in [9.17, 15) is 4.79 Å². The number of carbonyl (C=O) groups is 1. The summed E-state index contributed by atoms with van der Waals surface area (Å²) in [6, 6.07) is 0.180. The van der Waals surface area contributed by atoms with Crippen molar-refractivity contribution in [3.8, 4) is 0 Å². The SMILES string of the molecule is CCC1CCC(CNC(=O)N2CCCCCC2)CC1. The fraction of sp³-hybridized carbons (Fsp3) is 0.938. The summed E-state index contributed by atoms with van der Waals surface area (Å²) in [5.74, 6) is 1.66. The second-order valence-corrected chi connectivity index (χ2v) is 6.38. The predicted molar refractivity (Wildman–Crippen MR) is 79.2 cm³/mol. The molecule has 0 bridgehead atoms. The van der Waals surface area contributed by atoms with Gasteiger partial charge < -0.3 is 10.2 Å². The highest BCUT2D eigenvalue weighted by molar-refractivity contribution is 5.74. The lowest BCUT2D eigenvalue weighted by Crippen LogP contribution is -2.42. The van der Waals surface area contributed by atoms with Crippen LogP contribution in [0.25, 0.3) is 0 Å². The molecule has 2 amide bonds. The Balaban J connectivity index is 1.65. The molecule has 0 spiro atoms. The normalized spacial score (nSPS) is 28.8. The van der Waals surface area contributed by atoms with Crippen molar-refractivity contribution in [3.05, 3.63) is 0 Å². The van der Waals surface area contributed by atoms with Crippen LogP contribution in [0.4, 0.5) is 4.79 Å². The summed E-state index contributed by atoms with van der Waals surface area (Å²) < 4.78 is 0. The zero-order valence-corrected chi connectivity index (χ0v) is 12.5. The van der Waals surface area contributed by atoms with Crippen molar-refractivity contribution in [2.45, 2.75) is 64.7 Å². The molecule has 0 atom stereocenters. The van der Waals surface area contributed by atoms with Gasteiger partial charge in [0.15, 0.2) is 0 Å². The Kier molecular flexibility index (Phi) is 5.99. The van der Waals surface area contributed by atoms with Crippen LogP contribution in [0, 0.1) is 11.8 Å². The van der Waals surface area contributed by atoms with E-state index in [1.807, 2.05) is 4.90 Å². The van der Waals surface area contributed by atoms with Crippen LogP contribution in [0.5, 0.6) is 0 Å². The summed E-state index contributed by atoms with van der Waals surface area (Å²) in [5, 5.41) is 3.17. The Morgan fingerprint density at radius 1 is 1.00 bits per heavy atom. The van der Waals surface area contributed by atoms with Gasteiger partial charge in [0.25, 0.3) is 0 Å². The second-order valence-electron chi connectivity index (χ2n) is 6.38. The quantitative estimate of drug-likeness (QED) is 0.828. The fourth-order valence-electron chi connectivity index (χ4n) is 3.46. The van der Waals surface area contributed by atoms with Crippen LogP contribution in [0.1, 0.15) is 64.7 Å². The van der Waals surface area contributed by atoms with Gasteiger partial charge in [-0.3, -0.25) is 0 Å².